The van der Waals surface area contributed by atoms with Crippen LogP contribution in [-0.4, -0.2) is 23.6 Å². The lowest BCUT2D eigenvalue weighted by molar-refractivity contribution is 0.265. The standard InChI is InChI=1S/C15H20BrNS/c16-13-5-3-11(4-6-13)12-8-15(9-12)17-14-2-1-7-18-10-14/h3-6,12,14-15,17H,1-2,7-10H2. The summed E-state index contributed by atoms with van der Waals surface area (Å²) < 4.78 is 1.18. The van der Waals surface area contributed by atoms with Gasteiger partial charge in [-0.3, -0.25) is 0 Å². The highest BCUT2D eigenvalue weighted by Gasteiger charge is 2.31. The molecular weight excluding hydrogens is 306 g/mol. The van der Waals surface area contributed by atoms with Crippen LogP contribution in [0, 0.1) is 0 Å². The maximum absolute atomic E-state index is 3.84. The molecular formula is C15H20BrNS. The molecule has 98 valence electrons. The van der Waals surface area contributed by atoms with Gasteiger partial charge in [0.05, 0.1) is 0 Å². The zero-order valence-corrected chi connectivity index (χ0v) is 13.0. The highest BCUT2D eigenvalue weighted by atomic mass is 79.9. The first-order valence-corrected chi connectivity index (χ1v) is 8.85. The zero-order valence-electron chi connectivity index (χ0n) is 10.6. The van der Waals surface area contributed by atoms with Crippen LogP contribution in [0.5, 0.6) is 0 Å². The smallest absolute Gasteiger partial charge is 0.0175 e. The molecule has 1 saturated heterocycles. The number of rotatable bonds is 3. The van der Waals surface area contributed by atoms with E-state index >= 15 is 0 Å². The lowest BCUT2D eigenvalue weighted by Gasteiger charge is -2.39. The molecule has 1 unspecified atom stereocenters. The van der Waals surface area contributed by atoms with E-state index in [1.165, 1.54) is 47.2 Å². The van der Waals surface area contributed by atoms with E-state index in [9.17, 15) is 0 Å². The Labute approximate surface area is 122 Å². The number of hydrogen-bond acceptors (Lipinski definition) is 2. The van der Waals surface area contributed by atoms with Crippen LogP contribution in [0.2, 0.25) is 0 Å². The Kier molecular flexibility index (Phi) is 4.32. The number of nitrogens with one attached hydrogen (secondary N) is 1. The fourth-order valence-corrected chi connectivity index (χ4v) is 4.32. The molecule has 0 spiro atoms. The van der Waals surface area contributed by atoms with Crippen molar-refractivity contribution in [3.8, 4) is 0 Å². The Balaban J connectivity index is 1.46. The average molecular weight is 326 g/mol. The first-order valence-electron chi connectivity index (χ1n) is 6.90. The van der Waals surface area contributed by atoms with E-state index < -0.39 is 0 Å². The zero-order chi connectivity index (χ0) is 12.4. The largest absolute Gasteiger partial charge is 0.310 e. The Morgan fingerprint density at radius 3 is 2.56 bits per heavy atom. The SMILES string of the molecule is Brc1ccc(C2CC(NC3CCCSC3)C2)cc1. The molecule has 1 heterocycles. The molecule has 1 aliphatic carbocycles. The molecule has 0 radical (unpaired) electrons. The van der Waals surface area contributed by atoms with Crippen LogP contribution in [0.25, 0.3) is 0 Å². The molecule has 1 nitrogen and oxygen atoms in total. The maximum Gasteiger partial charge on any atom is 0.0175 e. The summed E-state index contributed by atoms with van der Waals surface area (Å²) in [5, 5.41) is 3.84. The molecule has 3 heteroatoms. The van der Waals surface area contributed by atoms with Crippen LogP contribution >= 0.6 is 27.7 Å². The molecule has 1 aromatic carbocycles. The number of thioether (sulfide) groups is 1. The molecule has 1 saturated carbocycles. The second-order valence-electron chi connectivity index (χ2n) is 5.50. The minimum atomic E-state index is 0.766. The van der Waals surface area contributed by atoms with Gasteiger partial charge in [0, 0.05) is 22.3 Å². The molecule has 1 aromatic rings. The number of hydrogen-bond donors (Lipinski definition) is 1. The monoisotopic (exact) mass is 325 g/mol. The predicted octanol–water partition coefficient (Wildman–Crippen LogP) is 4.18. The van der Waals surface area contributed by atoms with Crippen LogP contribution in [-0.2, 0) is 0 Å². The first kappa shape index (κ1) is 13.0. The van der Waals surface area contributed by atoms with Crippen molar-refractivity contribution >= 4 is 27.7 Å². The fraction of sp³-hybridized carbons (Fsp3) is 0.600. The summed E-state index contributed by atoms with van der Waals surface area (Å²) in [5.41, 5.74) is 1.51. The van der Waals surface area contributed by atoms with Gasteiger partial charge in [0.25, 0.3) is 0 Å². The van der Waals surface area contributed by atoms with Gasteiger partial charge in [0.15, 0.2) is 0 Å². The second-order valence-corrected chi connectivity index (χ2v) is 7.56. The van der Waals surface area contributed by atoms with Crippen molar-refractivity contribution in [1.82, 2.24) is 5.32 Å². The van der Waals surface area contributed by atoms with Gasteiger partial charge in [-0.1, -0.05) is 28.1 Å². The highest BCUT2D eigenvalue weighted by Crippen LogP contribution is 2.37. The topological polar surface area (TPSA) is 12.0 Å². The van der Waals surface area contributed by atoms with E-state index in [4.69, 9.17) is 0 Å². The van der Waals surface area contributed by atoms with Crippen LogP contribution in [0.3, 0.4) is 0 Å². The summed E-state index contributed by atoms with van der Waals surface area (Å²) in [4.78, 5) is 0. The van der Waals surface area contributed by atoms with Gasteiger partial charge in [0.2, 0.25) is 0 Å². The van der Waals surface area contributed by atoms with Crippen molar-refractivity contribution < 1.29 is 0 Å². The van der Waals surface area contributed by atoms with Gasteiger partial charge in [-0.05, 0) is 55.1 Å². The number of benzene rings is 1. The van der Waals surface area contributed by atoms with Crippen molar-refractivity contribution in [1.29, 1.82) is 0 Å². The molecule has 18 heavy (non-hydrogen) atoms. The molecule has 1 N–H and O–H groups in total. The molecule has 2 aliphatic rings. The van der Waals surface area contributed by atoms with E-state index in [-0.39, 0.29) is 0 Å². The Morgan fingerprint density at radius 2 is 1.89 bits per heavy atom. The lowest BCUT2D eigenvalue weighted by Crippen LogP contribution is -2.47. The first-order chi connectivity index (χ1) is 8.81. The fourth-order valence-electron chi connectivity index (χ4n) is 2.97. The maximum atomic E-state index is 3.84. The van der Waals surface area contributed by atoms with E-state index in [0.717, 1.165) is 18.0 Å². The summed E-state index contributed by atoms with van der Waals surface area (Å²) in [5.74, 6) is 3.47. The molecule has 1 aliphatic heterocycles. The third-order valence-corrected chi connectivity index (χ3v) is 5.86. The van der Waals surface area contributed by atoms with Crippen LogP contribution < -0.4 is 5.32 Å². The van der Waals surface area contributed by atoms with Crippen LogP contribution in [0.4, 0.5) is 0 Å². The van der Waals surface area contributed by atoms with Gasteiger partial charge in [-0.2, -0.15) is 11.8 Å². The summed E-state index contributed by atoms with van der Waals surface area (Å²) in [6.07, 6.45) is 5.42. The molecule has 2 fully saturated rings. The minimum Gasteiger partial charge on any atom is -0.310 e. The average Bonchev–Trinajstić information content (AvgIpc) is 2.36. The third kappa shape index (κ3) is 3.12. The van der Waals surface area contributed by atoms with Crippen molar-refractivity contribution in [2.45, 2.75) is 43.7 Å². The molecule has 0 aromatic heterocycles. The minimum absolute atomic E-state index is 0.766. The van der Waals surface area contributed by atoms with Gasteiger partial charge in [0.1, 0.15) is 0 Å². The van der Waals surface area contributed by atoms with Gasteiger partial charge < -0.3 is 5.32 Å². The van der Waals surface area contributed by atoms with Crippen molar-refractivity contribution in [2.75, 3.05) is 11.5 Å². The molecule has 3 rings (SSSR count). The molecule has 1 atom stereocenters. The molecule has 0 bridgehead atoms. The van der Waals surface area contributed by atoms with Gasteiger partial charge in [-0.25, -0.2) is 0 Å². The van der Waals surface area contributed by atoms with Gasteiger partial charge >= 0.3 is 0 Å². The highest BCUT2D eigenvalue weighted by molar-refractivity contribution is 9.10. The summed E-state index contributed by atoms with van der Waals surface area (Å²) in [6, 6.07) is 10.4. The Bertz CT molecular complexity index is 380. The van der Waals surface area contributed by atoms with E-state index in [2.05, 4.69) is 57.3 Å². The summed E-state index contributed by atoms with van der Waals surface area (Å²) in [6.45, 7) is 0. The Hall–Kier alpha value is 0.01000. The predicted molar refractivity (Wildman–Crippen MR) is 83.4 cm³/mol. The van der Waals surface area contributed by atoms with Crippen molar-refractivity contribution in [3.63, 3.8) is 0 Å². The van der Waals surface area contributed by atoms with Crippen molar-refractivity contribution in [2.24, 2.45) is 0 Å². The van der Waals surface area contributed by atoms with E-state index in [1.54, 1.807) is 0 Å². The van der Waals surface area contributed by atoms with Gasteiger partial charge in [-0.15, -0.1) is 0 Å². The normalized spacial score (nSPS) is 31.9. The van der Waals surface area contributed by atoms with Crippen LogP contribution in [0.1, 0.15) is 37.2 Å². The third-order valence-electron chi connectivity index (χ3n) is 4.11. The summed E-state index contributed by atoms with van der Waals surface area (Å²) >= 11 is 5.61. The van der Waals surface area contributed by atoms with E-state index in [1.807, 2.05) is 0 Å². The molecule has 0 amide bonds. The Morgan fingerprint density at radius 1 is 1.11 bits per heavy atom. The van der Waals surface area contributed by atoms with E-state index in [0.29, 0.717) is 0 Å². The number of halogens is 1. The van der Waals surface area contributed by atoms with Crippen molar-refractivity contribution in [3.05, 3.63) is 34.3 Å². The second kappa shape index (κ2) is 5.98. The van der Waals surface area contributed by atoms with Crippen LogP contribution in [0.15, 0.2) is 28.7 Å². The lowest BCUT2D eigenvalue weighted by atomic mass is 9.75. The quantitative estimate of drug-likeness (QED) is 0.894. The summed E-state index contributed by atoms with van der Waals surface area (Å²) in [7, 11) is 0.